The van der Waals surface area contributed by atoms with Gasteiger partial charge >= 0.3 is 0 Å². The van der Waals surface area contributed by atoms with Crippen LogP contribution in [0.4, 0.5) is 10.8 Å². The number of anilines is 2. The number of rotatable bonds is 8. The maximum Gasteiger partial charge on any atom is 0.291 e. The highest BCUT2D eigenvalue weighted by Crippen LogP contribution is 2.22. The van der Waals surface area contributed by atoms with Gasteiger partial charge in [0.15, 0.2) is 5.76 Å². The second-order valence-electron chi connectivity index (χ2n) is 5.11. The molecule has 0 spiro atoms. The third-order valence-electron chi connectivity index (χ3n) is 3.15. The molecule has 2 N–H and O–H groups in total. The fourth-order valence-electron chi connectivity index (χ4n) is 1.99. The Hall–Kier alpha value is -2.30. The van der Waals surface area contributed by atoms with Crippen molar-refractivity contribution in [3.05, 3.63) is 48.4 Å². The zero-order valence-corrected chi connectivity index (χ0v) is 16.7. The first-order valence-electron chi connectivity index (χ1n) is 7.98. The maximum absolute atomic E-state index is 12.0. The van der Waals surface area contributed by atoms with E-state index >= 15 is 0 Å². The number of nitrogens with zero attached hydrogens (tertiary/aromatic N) is 2. The van der Waals surface area contributed by atoms with E-state index in [0.717, 1.165) is 10.6 Å². The molecule has 3 aromatic rings. The minimum absolute atomic E-state index is 0.139. The number of thioether (sulfide) groups is 2. The van der Waals surface area contributed by atoms with Gasteiger partial charge in [0, 0.05) is 22.1 Å². The lowest BCUT2D eigenvalue weighted by Crippen LogP contribution is -2.13. The summed E-state index contributed by atoms with van der Waals surface area (Å²) >= 11 is 4.11. The zero-order valence-electron chi connectivity index (χ0n) is 14.3. The second-order valence-corrected chi connectivity index (χ2v) is 8.14. The lowest BCUT2D eigenvalue weighted by Gasteiger charge is -2.05. The molecule has 140 valence electrons. The Balaban J connectivity index is 1.46. The van der Waals surface area contributed by atoms with Crippen molar-refractivity contribution in [2.24, 2.45) is 0 Å². The number of aromatic nitrogens is 2. The van der Waals surface area contributed by atoms with Gasteiger partial charge in [-0.2, -0.15) is 9.36 Å². The van der Waals surface area contributed by atoms with Crippen LogP contribution in [-0.2, 0) is 4.79 Å². The SMILES string of the molecule is CCSc1nsc(NC(=O)CSc2ccc(NC(=O)c3ccco3)cc2)n1. The average Bonchev–Trinajstić information content (AvgIpc) is 3.34. The molecular formula is C17H16N4O3S3. The average molecular weight is 421 g/mol. The fourth-order valence-corrected chi connectivity index (χ4v) is 3.97. The molecule has 2 amide bonds. The van der Waals surface area contributed by atoms with Crippen molar-refractivity contribution in [2.75, 3.05) is 22.1 Å². The summed E-state index contributed by atoms with van der Waals surface area (Å²) in [6.07, 6.45) is 1.45. The first-order chi connectivity index (χ1) is 13.1. The molecule has 0 unspecified atom stereocenters. The molecule has 0 atom stereocenters. The minimum Gasteiger partial charge on any atom is -0.459 e. The molecule has 0 aliphatic rings. The van der Waals surface area contributed by atoms with Crippen molar-refractivity contribution >= 4 is 57.7 Å². The highest BCUT2D eigenvalue weighted by Gasteiger charge is 2.10. The summed E-state index contributed by atoms with van der Waals surface area (Å²) in [5.74, 6) is 0.949. The van der Waals surface area contributed by atoms with E-state index in [0.29, 0.717) is 16.0 Å². The summed E-state index contributed by atoms with van der Waals surface area (Å²) in [7, 11) is 0. The van der Waals surface area contributed by atoms with Gasteiger partial charge < -0.3 is 9.73 Å². The molecule has 27 heavy (non-hydrogen) atoms. The quantitative estimate of drug-likeness (QED) is 0.526. The second kappa shape index (κ2) is 9.58. The van der Waals surface area contributed by atoms with Gasteiger partial charge in [0.25, 0.3) is 5.91 Å². The lowest BCUT2D eigenvalue weighted by molar-refractivity contribution is -0.113. The van der Waals surface area contributed by atoms with Gasteiger partial charge in [-0.15, -0.1) is 11.8 Å². The van der Waals surface area contributed by atoms with E-state index in [2.05, 4.69) is 20.0 Å². The van der Waals surface area contributed by atoms with Crippen molar-refractivity contribution in [2.45, 2.75) is 17.0 Å². The van der Waals surface area contributed by atoms with E-state index in [1.54, 1.807) is 24.3 Å². The first-order valence-corrected chi connectivity index (χ1v) is 10.7. The van der Waals surface area contributed by atoms with Gasteiger partial charge in [0.05, 0.1) is 12.0 Å². The van der Waals surface area contributed by atoms with Gasteiger partial charge in [-0.1, -0.05) is 18.7 Å². The summed E-state index contributed by atoms with van der Waals surface area (Å²) < 4.78 is 9.21. The number of furan rings is 1. The summed E-state index contributed by atoms with van der Waals surface area (Å²) in [6.45, 7) is 2.02. The molecule has 0 radical (unpaired) electrons. The number of carbonyl (C=O) groups excluding carboxylic acids is 2. The number of nitrogens with one attached hydrogen (secondary N) is 2. The molecule has 2 aromatic heterocycles. The highest BCUT2D eigenvalue weighted by atomic mass is 32.2. The normalized spacial score (nSPS) is 10.6. The van der Waals surface area contributed by atoms with Crippen molar-refractivity contribution in [1.29, 1.82) is 0 Å². The Kier molecular flexibility index (Phi) is 6.91. The monoisotopic (exact) mass is 420 g/mol. The predicted octanol–water partition coefficient (Wildman–Crippen LogP) is 4.23. The Morgan fingerprint density at radius 2 is 1.96 bits per heavy atom. The van der Waals surface area contributed by atoms with Crippen LogP contribution in [0, 0.1) is 0 Å². The lowest BCUT2D eigenvalue weighted by atomic mass is 10.3. The molecule has 0 saturated heterocycles. The standard InChI is InChI=1S/C17H16N4O3S3/c1-2-25-17-20-16(27-21-17)19-14(22)10-26-12-7-5-11(6-8-12)18-15(23)13-4-3-9-24-13/h3-9H,2,10H2,1H3,(H,18,23)(H,19,20,21,22). The van der Waals surface area contributed by atoms with Gasteiger partial charge in [-0.05, 0) is 42.2 Å². The zero-order chi connectivity index (χ0) is 19.1. The summed E-state index contributed by atoms with van der Waals surface area (Å²) in [4.78, 5) is 29.1. The van der Waals surface area contributed by atoms with Crippen LogP contribution in [0.3, 0.4) is 0 Å². The van der Waals surface area contributed by atoms with E-state index < -0.39 is 0 Å². The number of hydrogen-bond acceptors (Lipinski definition) is 8. The molecule has 0 aliphatic heterocycles. The van der Waals surface area contributed by atoms with E-state index in [-0.39, 0.29) is 23.3 Å². The molecular weight excluding hydrogens is 404 g/mol. The van der Waals surface area contributed by atoms with Crippen LogP contribution in [-0.4, -0.2) is 32.7 Å². The molecule has 2 heterocycles. The number of hydrogen-bond donors (Lipinski definition) is 2. The molecule has 3 rings (SSSR count). The Bertz CT molecular complexity index is 895. The summed E-state index contributed by atoms with van der Waals surface area (Å²) in [5.41, 5.74) is 0.653. The topological polar surface area (TPSA) is 97.1 Å². The Morgan fingerprint density at radius 3 is 2.67 bits per heavy atom. The number of benzene rings is 1. The van der Waals surface area contributed by atoms with Crippen LogP contribution >= 0.6 is 35.1 Å². The van der Waals surface area contributed by atoms with Crippen LogP contribution in [0.2, 0.25) is 0 Å². The van der Waals surface area contributed by atoms with Crippen molar-refractivity contribution in [3.8, 4) is 0 Å². The van der Waals surface area contributed by atoms with Gasteiger partial charge in [-0.25, -0.2) is 0 Å². The third-order valence-corrected chi connectivity index (χ3v) is 5.64. The van der Waals surface area contributed by atoms with Crippen LogP contribution in [0.5, 0.6) is 0 Å². The highest BCUT2D eigenvalue weighted by molar-refractivity contribution is 8.00. The molecule has 10 heteroatoms. The Labute approximate surface area is 168 Å². The van der Waals surface area contributed by atoms with E-state index in [1.165, 1.54) is 41.3 Å². The van der Waals surface area contributed by atoms with Crippen LogP contribution in [0.15, 0.2) is 57.1 Å². The minimum atomic E-state index is -0.308. The van der Waals surface area contributed by atoms with Crippen molar-refractivity contribution < 1.29 is 14.0 Å². The molecule has 1 aromatic carbocycles. The van der Waals surface area contributed by atoms with Crippen LogP contribution < -0.4 is 10.6 Å². The van der Waals surface area contributed by atoms with E-state index in [4.69, 9.17) is 4.42 Å². The molecule has 0 saturated carbocycles. The predicted molar refractivity (Wildman–Crippen MR) is 109 cm³/mol. The number of carbonyl (C=O) groups is 2. The van der Waals surface area contributed by atoms with E-state index in [1.807, 2.05) is 19.1 Å². The molecule has 0 fully saturated rings. The molecule has 0 bridgehead atoms. The van der Waals surface area contributed by atoms with E-state index in [9.17, 15) is 9.59 Å². The summed E-state index contributed by atoms with van der Waals surface area (Å²) in [6, 6.07) is 10.5. The van der Waals surface area contributed by atoms with Gasteiger partial charge in [0.1, 0.15) is 0 Å². The van der Waals surface area contributed by atoms with Crippen molar-refractivity contribution in [3.63, 3.8) is 0 Å². The molecule has 0 aliphatic carbocycles. The van der Waals surface area contributed by atoms with Crippen molar-refractivity contribution in [1.82, 2.24) is 9.36 Å². The van der Waals surface area contributed by atoms with Crippen LogP contribution in [0.25, 0.3) is 0 Å². The number of amides is 2. The smallest absolute Gasteiger partial charge is 0.291 e. The first kappa shape index (κ1) is 19.5. The van der Waals surface area contributed by atoms with Crippen LogP contribution in [0.1, 0.15) is 17.5 Å². The third kappa shape index (κ3) is 5.84. The van der Waals surface area contributed by atoms with Gasteiger partial charge in [-0.3, -0.25) is 14.9 Å². The van der Waals surface area contributed by atoms with Gasteiger partial charge in [0.2, 0.25) is 16.2 Å². The maximum atomic E-state index is 12.0. The summed E-state index contributed by atoms with van der Waals surface area (Å²) in [5, 5.41) is 6.68. The Morgan fingerprint density at radius 1 is 1.15 bits per heavy atom. The largest absolute Gasteiger partial charge is 0.459 e. The fraction of sp³-hybridized carbons (Fsp3) is 0.176. The molecule has 7 nitrogen and oxygen atoms in total.